The molecule has 3 heterocycles. The summed E-state index contributed by atoms with van der Waals surface area (Å²) in [7, 11) is 0. The molecule has 3 aromatic rings. The third kappa shape index (κ3) is 3.72. The summed E-state index contributed by atoms with van der Waals surface area (Å²) < 4.78 is 14.9. The first-order valence-corrected chi connectivity index (χ1v) is 11.2. The first-order chi connectivity index (χ1) is 15.4. The molecular weight excluding hydrogens is 433 g/mol. The van der Waals surface area contributed by atoms with Crippen molar-refractivity contribution in [3.63, 3.8) is 0 Å². The molecule has 2 fully saturated rings. The lowest BCUT2D eigenvalue weighted by Crippen LogP contribution is -2.43. The Bertz CT molecular complexity index is 1190. The van der Waals surface area contributed by atoms with E-state index in [0.717, 1.165) is 37.7 Å². The van der Waals surface area contributed by atoms with Crippen LogP contribution in [-0.2, 0) is 11.3 Å². The van der Waals surface area contributed by atoms with E-state index in [2.05, 4.69) is 15.4 Å². The zero-order valence-corrected chi connectivity index (χ0v) is 18.2. The number of nitrogens with one attached hydrogen (secondary N) is 1. The van der Waals surface area contributed by atoms with E-state index in [1.165, 1.54) is 18.3 Å². The first-order valence-electron chi connectivity index (χ1n) is 10.8. The Morgan fingerprint density at radius 2 is 2.09 bits per heavy atom. The molecule has 0 atom stereocenters. The maximum Gasteiger partial charge on any atom is 0.256 e. The average molecular weight is 456 g/mol. The van der Waals surface area contributed by atoms with E-state index in [9.17, 15) is 14.0 Å². The van der Waals surface area contributed by atoms with Gasteiger partial charge in [0.15, 0.2) is 5.65 Å². The molecule has 1 saturated heterocycles. The number of nitrogens with zero attached hydrogens (tertiary/aromatic N) is 4. The van der Waals surface area contributed by atoms with E-state index in [4.69, 9.17) is 11.6 Å². The van der Waals surface area contributed by atoms with Crippen molar-refractivity contribution in [3.8, 4) is 0 Å². The molecule has 1 spiro atoms. The molecule has 2 amide bonds. The minimum Gasteiger partial charge on any atom is -0.349 e. The number of carbonyl (C=O) groups excluding carboxylic acids is 2. The SMILES string of the molecule is O=C(N[C@H]1CC[C@@]2(CCN(Cc3ccc(F)cc3Cl)C2=O)CC1)c1cnn2cccnc12. The molecule has 7 nitrogen and oxygen atoms in total. The van der Waals surface area contributed by atoms with Crippen LogP contribution in [0.5, 0.6) is 0 Å². The van der Waals surface area contributed by atoms with E-state index >= 15 is 0 Å². The van der Waals surface area contributed by atoms with E-state index in [1.54, 1.807) is 29.0 Å². The Labute approximate surface area is 189 Å². The number of benzene rings is 1. The minimum absolute atomic E-state index is 0.0141. The summed E-state index contributed by atoms with van der Waals surface area (Å²) in [6, 6.07) is 6.05. The molecule has 1 aromatic carbocycles. The summed E-state index contributed by atoms with van der Waals surface area (Å²) in [5, 5.41) is 7.60. The lowest BCUT2D eigenvalue weighted by Gasteiger charge is -2.36. The molecule has 32 heavy (non-hydrogen) atoms. The van der Waals surface area contributed by atoms with Gasteiger partial charge in [0.2, 0.25) is 5.91 Å². The monoisotopic (exact) mass is 455 g/mol. The second-order valence-corrected chi connectivity index (χ2v) is 9.09. The van der Waals surface area contributed by atoms with Crippen LogP contribution in [0.15, 0.2) is 42.9 Å². The number of hydrogen-bond acceptors (Lipinski definition) is 4. The van der Waals surface area contributed by atoms with Gasteiger partial charge < -0.3 is 10.2 Å². The Morgan fingerprint density at radius 1 is 1.28 bits per heavy atom. The summed E-state index contributed by atoms with van der Waals surface area (Å²) >= 11 is 6.15. The second-order valence-electron chi connectivity index (χ2n) is 8.69. The van der Waals surface area contributed by atoms with Gasteiger partial charge in [-0.15, -0.1) is 0 Å². The highest BCUT2D eigenvalue weighted by molar-refractivity contribution is 6.31. The van der Waals surface area contributed by atoms with E-state index < -0.39 is 0 Å². The van der Waals surface area contributed by atoms with Gasteiger partial charge in [-0.25, -0.2) is 13.9 Å². The molecular formula is C23H23ClFN5O2. The number of amides is 2. The van der Waals surface area contributed by atoms with Gasteiger partial charge in [0.25, 0.3) is 5.91 Å². The molecule has 166 valence electrons. The van der Waals surface area contributed by atoms with Crippen LogP contribution in [0.3, 0.4) is 0 Å². The van der Waals surface area contributed by atoms with Crippen LogP contribution in [0, 0.1) is 11.2 Å². The molecule has 1 N–H and O–H groups in total. The average Bonchev–Trinajstić information content (AvgIpc) is 3.35. The van der Waals surface area contributed by atoms with Crippen LogP contribution in [-0.4, -0.2) is 43.9 Å². The van der Waals surface area contributed by atoms with Gasteiger partial charge in [-0.3, -0.25) is 9.59 Å². The number of carbonyl (C=O) groups is 2. The van der Waals surface area contributed by atoms with Gasteiger partial charge in [0, 0.05) is 36.5 Å². The number of halogens is 2. The smallest absolute Gasteiger partial charge is 0.256 e. The van der Waals surface area contributed by atoms with Crippen LogP contribution in [0.4, 0.5) is 4.39 Å². The first kappa shape index (κ1) is 20.9. The molecule has 5 rings (SSSR count). The van der Waals surface area contributed by atoms with Crippen molar-refractivity contribution in [2.24, 2.45) is 5.41 Å². The van der Waals surface area contributed by atoms with Crippen molar-refractivity contribution < 1.29 is 14.0 Å². The fourth-order valence-corrected chi connectivity index (χ4v) is 5.16. The minimum atomic E-state index is -0.386. The Kier molecular flexibility index (Phi) is 5.33. The van der Waals surface area contributed by atoms with Crippen LogP contribution < -0.4 is 5.32 Å². The van der Waals surface area contributed by atoms with E-state index in [0.29, 0.717) is 29.3 Å². The highest BCUT2D eigenvalue weighted by Crippen LogP contribution is 2.45. The lowest BCUT2D eigenvalue weighted by molar-refractivity contribution is -0.138. The molecule has 1 aliphatic carbocycles. The number of likely N-dealkylation sites (tertiary alicyclic amines) is 1. The highest BCUT2D eigenvalue weighted by Gasteiger charge is 2.48. The summed E-state index contributed by atoms with van der Waals surface area (Å²) in [5.41, 5.74) is 1.35. The molecule has 0 unspecified atom stereocenters. The molecule has 2 aliphatic rings. The van der Waals surface area contributed by atoms with Gasteiger partial charge in [0.1, 0.15) is 11.4 Å². The fraction of sp³-hybridized carbons (Fsp3) is 0.391. The maximum absolute atomic E-state index is 13.3. The highest BCUT2D eigenvalue weighted by atomic mass is 35.5. The van der Waals surface area contributed by atoms with Gasteiger partial charge >= 0.3 is 0 Å². The third-order valence-corrected chi connectivity index (χ3v) is 7.13. The molecule has 1 aliphatic heterocycles. The lowest BCUT2D eigenvalue weighted by atomic mass is 9.71. The Balaban J connectivity index is 1.20. The normalized spacial score (nSPS) is 23.2. The van der Waals surface area contributed by atoms with Crippen molar-refractivity contribution in [3.05, 3.63) is 64.8 Å². The molecule has 2 aromatic heterocycles. The van der Waals surface area contributed by atoms with Crippen LogP contribution in [0.25, 0.3) is 5.65 Å². The van der Waals surface area contributed by atoms with Crippen molar-refractivity contribution >= 4 is 29.1 Å². The largest absolute Gasteiger partial charge is 0.349 e. The van der Waals surface area contributed by atoms with Crippen molar-refractivity contribution in [1.29, 1.82) is 0 Å². The van der Waals surface area contributed by atoms with Crippen molar-refractivity contribution in [2.75, 3.05) is 6.54 Å². The number of hydrogen-bond donors (Lipinski definition) is 1. The fourth-order valence-electron chi connectivity index (χ4n) is 4.93. The second kappa shape index (κ2) is 8.16. The molecule has 0 bridgehead atoms. The molecule has 0 radical (unpaired) electrons. The summed E-state index contributed by atoms with van der Waals surface area (Å²) in [5.74, 6) is -0.442. The third-order valence-electron chi connectivity index (χ3n) is 6.78. The van der Waals surface area contributed by atoms with E-state index in [1.807, 2.05) is 4.90 Å². The summed E-state index contributed by atoms with van der Waals surface area (Å²) in [4.78, 5) is 32.0. The Morgan fingerprint density at radius 3 is 2.88 bits per heavy atom. The Hall–Kier alpha value is -3.00. The quantitative estimate of drug-likeness (QED) is 0.651. The number of fused-ring (bicyclic) bond motifs is 1. The standard InChI is InChI=1S/C23H23ClFN5O2/c24-19-12-16(25)3-2-15(19)14-29-11-8-23(22(29)32)6-4-17(5-7-23)28-21(31)18-13-27-30-10-1-9-26-20(18)30/h1-3,9-10,12-13,17H,4-8,11,14H2,(H,28,31)/t17-,23-. The van der Waals surface area contributed by atoms with E-state index in [-0.39, 0.29) is 29.1 Å². The number of rotatable bonds is 4. The topological polar surface area (TPSA) is 79.6 Å². The summed E-state index contributed by atoms with van der Waals surface area (Å²) in [6.45, 7) is 1.05. The maximum atomic E-state index is 13.3. The molecule has 9 heteroatoms. The van der Waals surface area contributed by atoms with Crippen LogP contribution in [0.1, 0.15) is 48.0 Å². The predicted octanol–water partition coefficient (Wildman–Crippen LogP) is 3.61. The molecule has 1 saturated carbocycles. The van der Waals surface area contributed by atoms with Crippen LogP contribution >= 0.6 is 11.6 Å². The summed E-state index contributed by atoms with van der Waals surface area (Å²) in [6.07, 6.45) is 8.67. The zero-order chi connectivity index (χ0) is 22.3. The van der Waals surface area contributed by atoms with Crippen molar-refractivity contribution in [2.45, 2.75) is 44.7 Å². The van der Waals surface area contributed by atoms with Gasteiger partial charge in [-0.2, -0.15) is 5.10 Å². The van der Waals surface area contributed by atoms with Gasteiger partial charge in [-0.1, -0.05) is 17.7 Å². The van der Waals surface area contributed by atoms with Gasteiger partial charge in [0.05, 0.1) is 11.6 Å². The number of aromatic nitrogens is 3. The van der Waals surface area contributed by atoms with Crippen LogP contribution in [0.2, 0.25) is 5.02 Å². The zero-order valence-electron chi connectivity index (χ0n) is 17.4. The van der Waals surface area contributed by atoms with Gasteiger partial charge in [-0.05, 0) is 55.9 Å². The van der Waals surface area contributed by atoms with Crippen molar-refractivity contribution in [1.82, 2.24) is 24.8 Å². The predicted molar refractivity (Wildman–Crippen MR) is 117 cm³/mol.